The first-order valence-electron chi connectivity index (χ1n) is 4.88. The van der Waals surface area contributed by atoms with Crippen molar-refractivity contribution in [1.29, 1.82) is 0 Å². The highest BCUT2D eigenvalue weighted by molar-refractivity contribution is 6.34. The van der Waals surface area contributed by atoms with Gasteiger partial charge in [0, 0.05) is 17.9 Å². The number of rotatable bonds is 3. The molecule has 0 bridgehead atoms. The number of nitrogens with zero attached hydrogens (tertiary/aromatic N) is 1. The van der Waals surface area contributed by atoms with Gasteiger partial charge in [0.15, 0.2) is 6.29 Å². The predicted octanol–water partition coefficient (Wildman–Crippen LogP) is 3.41. The van der Waals surface area contributed by atoms with Gasteiger partial charge in [-0.15, -0.1) is 0 Å². The van der Waals surface area contributed by atoms with Crippen LogP contribution in [0.1, 0.15) is 48.4 Å². The molecule has 0 aliphatic rings. The summed E-state index contributed by atoms with van der Waals surface area (Å²) >= 11 is 6.16. The Kier molecular flexibility index (Phi) is 3.38. The van der Waals surface area contributed by atoms with Crippen molar-refractivity contribution in [3.63, 3.8) is 0 Å². The standard InChI is InChI=1S/C11H16ClNO/c1-5-13-8(4)9(6-14)10(12)11(13)7(2)3/h6-7H,5H2,1-4H3. The number of carbonyl (C=O) groups excluding carboxylic acids is 1. The summed E-state index contributed by atoms with van der Waals surface area (Å²) in [5.41, 5.74) is 2.67. The Morgan fingerprint density at radius 3 is 2.36 bits per heavy atom. The first-order chi connectivity index (χ1) is 6.54. The lowest BCUT2D eigenvalue weighted by Gasteiger charge is -2.11. The average Bonchev–Trinajstić information content (AvgIpc) is 2.37. The zero-order chi connectivity index (χ0) is 10.9. The molecule has 0 saturated carbocycles. The number of halogens is 1. The second kappa shape index (κ2) is 4.18. The van der Waals surface area contributed by atoms with Gasteiger partial charge in [-0.1, -0.05) is 25.4 Å². The highest BCUT2D eigenvalue weighted by atomic mass is 35.5. The van der Waals surface area contributed by atoms with Gasteiger partial charge in [0.2, 0.25) is 0 Å². The third kappa shape index (κ3) is 1.59. The van der Waals surface area contributed by atoms with Gasteiger partial charge in [0.1, 0.15) is 0 Å². The molecule has 0 aliphatic heterocycles. The second-order valence-corrected chi connectivity index (χ2v) is 4.09. The van der Waals surface area contributed by atoms with E-state index in [9.17, 15) is 4.79 Å². The van der Waals surface area contributed by atoms with Crippen molar-refractivity contribution in [2.75, 3.05) is 0 Å². The van der Waals surface area contributed by atoms with E-state index < -0.39 is 0 Å². The summed E-state index contributed by atoms with van der Waals surface area (Å²) in [6.45, 7) is 9.02. The Labute approximate surface area is 89.9 Å². The smallest absolute Gasteiger partial charge is 0.153 e. The summed E-state index contributed by atoms with van der Waals surface area (Å²) in [4.78, 5) is 10.9. The van der Waals surface area contributed by atoms with Crippen LogP contribution in [0.5, 0.6) is 0 Å². The van der Waals surface area contributed by atoms with Crippen LogP contribution >= 0.6 is 11.6 Å². The lowest BCUT2D eigenvalue weighted by molar-refractivity contribution is 0.112. The minimum absolute atomic E-state index is 0.342. The van der Waals surface area contributed by atoms with Crippen LogP contribution in [0, 0.1) is 6.92 Å². The molecule has 14 heavy (non-hydrogen) atoms. The Morgan fingerprint density at radius 1 is 1.50 bits per heavy atom. The van der Waals surface area contributed by atoms with E-state index in [-0.39, 0.29) is 0 Å². The number of hydrogen-bond donors (Lipinski definition) is 0. The van der Waals surface area contributed by atoms with E-state index in [1.807, 2.05) is 6.92 Å². The maximum atomic E-state index is 10.9. The van der Waals surface area contributed by atoms with Crippen molar-refractivity contribution in [2.45, 2.75) is 40.2 Å². The van der Waals surface area contributed by atoms with Gasteiger partial charge in [-0.2, -0.15) is 0 Å². The zero-order valence-electron chi connectivity index (χ0n) is 9.10. The predicted molar refractivity (Wildman–Crippen MR) is 59.3 cm³/mol. The fraction of sp³-hybridized carbons (Fsp3) is 0.545. The fourth-order valence-corrected chi connectivity index (χ4v) is 2.35. The quantitative estimate of drug-likeness (QED) is 0.706. The highest BCUT2D eigenvalue weighted by Gasteiger charge is 2.19. The van der Waals surface area contributed by atoms with Crippen molar-refractivity contribution in [1.82, 2.24) is 4.57 Å². The maximum absolute atomic E-state index is 10.9. The molecule has 3 heteroatoms. The zero-order valence-corrected chi connectivity index (χ0v) is 9.85. The topological polar surface area (TPSA) is 22.0 Å². The van der Waals surface area contributed by atoms with Crippen molar-refractivity contribution in [3.8, 4) is 0 Å². The lowest BCUT2D eigenvalue weighted by atomic mass is 10.1. The van der Waals surface area contributed by atoms with Gasteiger partial charge >= 0.3 is 0 Å². The monoisotopic (exact) mass is 213 g/mol. The van der Waals surface area contributed by atoms with E-state index in [1.165, 1.54) is 0 Å². The van der Waals surface area contributed by atoms with Crippen LogP contribution in [0.4, 0.5) is 0 Å². The third-order valence-electron chi connectivity index (χ3n) is 2.53. The summed E-state index contributed by atoms with van der Waals surface area (Å²) in [5.74, 6) is 0.342. The van der Waals surface area contributed by atoms with E-state index in [0.717, 1.165) is 24.2 Å². The van der Waals surface area contributed by atoms with E-state index in [4.69, 9.17) is 11.6 Å². The molecule has 1 rings (SSSR count). The molecule has 0 saturated heterocycles. The second-order valence-electron chi connectivity index (χ2n) is 3.72. The molecule has 1 aromatic heterocycles. The Balaban J connectivity index is 3.47. The van der Waals surface area contributed by atoms with Gasteiger partial charge in [-0.25, -0.2) is 0 Å². The minimum Gasteiger partial charge on any atom is -0.347 e. The van der Waals surface area contributed by atoms with Crippen molar-refractivity contribution < 1.29 is 4.79 Å². The summed E-state index contributed by atoms with van der Waals surface area (Å²) in [6.07, 6.45) is 0.843. The molecule has 1 aromatic rings. The first kappa shape index (κ1) is 11.3. The molecule has 78 valence electrons. The molecule has 0 fully saturated rings. The van der Waals surface area contributed by atoms with E-state index in [1.54, 1.807) is 0 Å². The molecular formula is C11H16ClNO. The summed E-state index contributed by atoms with van der Waals surface area (Å²) in [5, 5.41) is 0.620. The molecule has 0 radical (unpaired) electrons. The molecule has 0 unspecified atom stereocenters. The van der Waals surface area contributed by atoms with Gasteiger partial charge in [-0.3, -0.25) is 4.79 Å². The SMILES string of the molecule is CCn1c(C)c(C=O)c(Cl)c1C(C)C. The fourth-order valence-electron chi connectivity index (χ4n) is 1.85. The van der Waals surface area contributed by atoms with Gasteiger partial charge in [0.05, 0.1) is 10.6 Å². The van der Waals surface area contributed by atoms with Gasteiger partial charge in [0.25, 0.3) is 0 Å². The molecule has 0 aromatic carbocycles. The van der Waals surface area contributed by atoms with Crippen LogP contribution in [0.15, 0.2) is 0 Å². The molecule has 2 nitrogen and oxygen atoms in total. The third-order valence-corrected chi connectivity index (χ3v) is 2.92. The van der Waals surface area contributed by atoms with Crippen LogP contribution in [0.3, 0.4) is 0 Å². The Morgan fingerprint density at radius 2 is 2.07 bits per heavy atom. The van der Waals surface area contributed by atoms with E-state index >= 15 is 0 Å². The lowest BCUT2D eigenvalue weighted by Crippen LogP contribution is -2.04. The Bertz CT molecular complexity index is 353. The van der Waals surface area contributed by atoms with Crippen molar-refractivity contribution >= 4 is 17.9 Å². The molecule has 0 spiro atoms. The van der Waals surface area contributed by atoms with Crippen LogP contribution in [-0.2, 0) is 6.54 Å². The number of aromatic nitrogens is 1. The molecule has 0 aliphatic carbocycles. The summed E-state index contributed by atoms with van der Waals surface area (Å²) < 4.78 is 2.11. The number of aldehydes is 1. The van der Waals surface area contributed by atoms with Gasteiger partial charge < -0.3 is 4.57 Å². The first-order valence-corrected chi connectivity index (χ1v) is 5.26. The van der Waals surface area contributed by atoms with Crippen LogP contribution in [-0.4, -0.2) is 10.9 Å². The summed E-state index contributed by atoms with van der Waals surface area (Å²) in [7, 11) is 0. The van der Waals surface area contributed by atoms with Crippen LogP contribution < -0.4 is 0 Å². The van der Waals surface area contributed by atoms with Crippen LogP contribution in [0.2, 0.25) is 5.02 Å². The number of hydrogen-bond acceptors (Lipinski definition) is 1. The van der Waals surface area contributed by atoms with Crippen LogP contribution in [0.25, 0.3) is 0 Å². The minimum atomic E-state index is 0.342. The Hall–Kier alpha value is -0.760. The van der Waals surface area contributed by atoms with Crippen molar-refractivity contribution in [2.24, 2.45) is 0 Å². The molecule has 0 amide bonds. The highest BCUT2D eigenvalue weighted by Crippen LogP contribution is 2.31. The molecule has 0 atom stereocenters. The molecular weight excluding hydrogens is 198 g/mol. The normalized spacial score (nSPS) is 11.0. The maximum Gasteiger partial charge on any atom is 0.153 e. The average molecular weight is 214 g/mol. The summed E-state index contributed by atoms with van der Waals surface area (Å²) in [6, 6.07) is 0. The van der Waals surface area contributed by atoms with E-state index in [0.29, 0.717) is 16.5 Å². The molecule has 0 N–H and O–H groups in total. The van der Waals surface area contributed by atoms with Gasteiger partial charge in [-0.05, 0) is 19.8 Å². The molecule has 1 heterocycles. The van der Waals surface area contributed by atoms with E-state index in [2.05, 4.69) is 25.3 Å². The largest absolute Gasteiger partial charge is 0.347 e. The van der Waals surface area contributed by atoms with Crippen molar-refractivity contribution in [3.05, 3.63) is 22.0 Å². The number of carbonyl (C=O) groups is 1.